The molecule has 2 aliphatic rings. The van der Waals surface area contributed by atoms with Crippen molar-refractivity contribution >= 4 is 11.7 Å². The minimum absolute atomic E-state index is 0.0361. The molecule has 0 radical (unpaired) electrons. The van der Waals surface area contributed by atoms with Gasteiger partial charge in [0.1, 0.15) is 5.82 Å². The van der Waals surface area contributed by atoms with Gasteiger partial charge in [-0.2, -0.15) is 0 Å². The molecule has 2 aliphatic heterocycles. The highest BCUT2D eigenvalue weighted by atomic mass is 16.2. The summed E-state index contributed by atoms with van der Waals surface area (Å²) >= 11 is 0. The number of hydrogen-bond donors (Lipinski definition) is 1. The third-order valence-corrected chi connectivity index (χ3v) is 6.19. The maximum Gasteiger partial charge on any atom is 0.291 e. The second-order valence-corrected chi connectivity index (χ2v) is 8.03. The van der Waals surface area contributed by atoms with Gasteiger partial charge in [0.05, 0.1) is 0 Å². The lowest BCUT2D eigenvalue weighted by atomic mass is 9.78. The Labute approximate surface area is 150 Å². The van der Waals surface area contributed by atoms with Gasteiger partial charge in [0.15, 0.2) is 0 Å². The van der Waals surface area contributed by atoms with E-state index in [2.05, 4.69) is 28.7 Å². The summed E-state index contributed by atoms with van der Waals surface area (Å²) in [5.74, 6) is 1.17. The van der Waals surface area contributed by atoms with Gasteiger partial charge in [-0.25, -0.2) is 9.97 Å². The zero-order valence-electron chi connectivity index (χ0n) is 16.0. The van der Waals surface area contributed by atoms with Crippen LogP contribution in [0, 0.1) is 19.3 Å². The number of likely N-dealkylation sites (tertiary alicyclic amines) is 1. The number of aryl methyl sites for hydroxylation is 1. The van der Waals surface area contributed by atoms with E-state index >= 15 is 0 Å². The first kappa shape index (κ1) is 18.1. The van der Waals surface area contributed by atoms with Crippen molar-refractivity contribution in [2.45, 2.75) is 59.4 Å². The summed E-state index contributed by atoms with van der Waals surface area (Å²) in [7, 11) is 0. The first-order chi connectivity index (χ1) is 11.8. The van der Waals surface area contributed by atoms with E-state index in [9.17, 15) is 4.79 Å². The zero-order valence-corrected chi connectivity index (χ0v) is 16.0. The molecule has 0 spiro atoms. The maximum atomic E-state index is 13.0. The highest BCUT2D eigenvalue weighted by Crippen LogP contribution is 2.34. The summed E-state index contributed by atoms with van der Waals surface area (Å²) in [5, 5.41) is 0. The Bertz CT molecular complexity index is 651. The van der Waals surface area contributed by atoms with Crippen LogP contribution in [0.15, 0.2) is 0 Å². The average Bonchev–Trinajstić information content (AvgIpc) is 3.03. The minimum atomic E-state index is -0.0361. The molecule has 3 rings (SSSR count). The molecule has 138 valence electrons. The van der Waals surface area contributed by atoms with Gasteiger partial charge in [0.2, 0.25) is 5.82 Å². The lowest BCUT2D eigenvalue weighted by Crippen LogP contribution is -2.42. The molecule has 1 aromatic heterocycles. The molecule has 3 heterocycles. The molecule has 2 fully saturated rings. The van der Waals surface area contributed by atoms with Crippen molar-refractivity contribution in [1.82, 2.24) is 14.9 Å². The van der Waals surface area contributed by atoms with Crippen LogP contribution >= 0.6 is 0 Å². The number of anilines is 1. The molecule has 2 saturated heterocycles. The number of aromatic nitrogens is 2. The molecule has 0 unspecified atom stereocenters. The fourth-order valence-corrected chi connectivity index (χ4v) is 3.74. The first-order valence-corrected chi connectivity index (χ1v) is 9.48. The van der Waals surface area contributed by atoms with Crippen LogP contribution in [0.5, 0.6) is 0 Å². The van der Waals surface area contributed by atoms with E-state index in [0.29, 0.717) is 11.2 Å². The van der Waals surface area contributed by atoms with Gasteiger partial charge < -0.3 is 15.5 Å². The fraction of sp³-hybridized carbons (Fsp3) is 0.737. The van der Waals surface area contributed by atoms with Crippen LogP contribution < -0.4 is 10.6 Å². The summed E-state index contributed by atoms with van der Waals surface area (Å²) in [6.45, 7) is 11.8. The van der Waals surface area contributed by atoms with Crippen LogP contribution in [0.1, 0.15) is 61.4 Å². The monoisotopic (exact) mass is 345 g/mol. The number of amides is 1. The second kappa shape index (κ2) is 6.90. The molecule has 1 atom stereocenters. The van der Waals surface area contributed by atoms with Crippen molar-refractivity contribution < 1.29 is 4.79 Å². The topological polar surface area (TPSA) is 75.4 Å². The summed E-state index contributed by atoms with van der Waals surface area (Å²) in [6.07, 6.45) is 4.23. The molecular formula is C19H31N5O. The van der Waals surface area contributed by atoms with Crippen LogP contribution in [0.3, 0.4) is 0 Å². The van der Waals surface area contributed by atoms with E-state index in [1.807, 2.05) is 18.7 Å². The number of nitrogens with zero attached hydrogens (tertiary/aromatic N) is 4. The Kier molecular flexibility index (Phi) is 5.00. The number of rotatable bonds is 3. The normalized spacial score (nSPS) is 23.2. The predicted octanol–water partition coefficient (Wildman–Crippen LogP) is 2.28. The van der Waals surface area contributed by atoms with Crippen LogP contribution in [0.4, 0.5) is 5.82 Å². The molecule has 0 bridgehead atoms. The third-order valence-electron chi connectivity index (χ3n) is 6.19. The predicted molar refractivity (Wildman–Crippen MR) is 99.8 cm³/mol. The van der Waals surface area contributed by atoms with E-state index in [1.54, 1.807) is 0 Å². The molecule has 1 aromatic rings. The van der Waals surface area contributed by atoms with E-state index in [4.69, 9.17) is 5.73 Å². The Hall–Kier alpha value is -1.69. The van der Waals surface area contributed by atoms with Crippen molar-refractivity contribution in [2.75, 3.05) is 31.1 Å². The van der Waals surface area contributed by atoms with E-state index in [1.165, 1.54) is 0 Å². The van der Waals surface area contributed by atoms with Gasteiger partial charge in [-0.1, -0.05) is 20.3 Å². The highest BCUT2D eigenvalue weighted by Gasteiger charge is 2.32. The van der Waals surface area contributed by atoms with Crippen LogP contribution in [0.25, 0.3) is 0 Å². The highest BCUT2D eigenvalue weighted by molar-refractivity contribution is 5.91. The standard InChI is InChI=1S/C19H31N5O/c1-5-19(4)7-10-23(11-8-19)18(25)16-21-14(3)13(2)17(22-16)24-9-6-15(20)12-24/h15H,5-12,20H2,1-4H3/t15-/m1/s1. The SMILES string of the molecule is CCC1(C)CCN(C(=O)c2nc(C)c(C)c(N3CC[C@@H](N)C3)n2)CC1. The van der Waals surface area contributed by atoms with Crippen LogP contribution in [-0.4, -0.2) is 53.0 Å². The smallest absolute Gasteiger partial charge is 0.291 e. The average molecular weight is 345 g/mol. The first-order valence-electron chi connectivity index (χ1n) is 9.48. The Balaban J connectivity index is 1.80. The number of carbonyl (C=O) groups excluding carboxylic acids is 1. The molecule has 2 N–H and O–H groups in total. The molecular weight excluding hydrogens is 314 g/mol. The van der Waals surface area contributed by atoms with Crippen LogP contribution in [0.2, 0.25) is 0 Å². The third kappa shape index (κ3) is 3.64. The van der Waals surface area contributed by atoms with Crippen LogP contribution in [-0.2, 0) is 0 Å². The Morgan fingerprint density at radius 2 is 1.92 bits per heavy atom. The zero-order chi connectivity index (χ0) is 18.2. The van der Waals surface area contributed by atoms with Crippen molar-refractivity contribution in [1.29, 1.82) is 0 Å². The minimum Gasteiger partial charge on any atom is -0.355 e. The van der Waals surface area contributed by atoms with E-state index in [0.717, 1.165) is 68.9 Å². The Morgan fingerprint density at radius 3 is 2.48 bits per heavy atom. The van der Waals surface area contributed by atoms with Gasteiger partial charge in [0.25, 0.3) is 5.91 Å². The number of hydrogen-bond acceptors (Lipinski definition) is 5. The van der Waals surface area contributed by atoms with Crippen molar-refractivity contribution in [2.24, 2.45) is 11.1 Å². The summed E-state index contributed by atoms with van der Waals surface area (Å²) in [6, 6.07) is 0.183. The van der Waals surface area contributed by atoms with Crippen molar-refractivity contribution in [3.8, 4) is 0 Å². The quantitative estimate of drug-likeness (QED) is 0.909. The second-order valence-electron chi connectivity index (χ2n) is 8.03. The van der Waals surface area contributed by atoms with Gasteiger partial charge in [0, 0.05) is 43.5 Å². The molecule has 0 aliphatic carbocycles. The summed E-state index contributed by atoms with van der Waals surface area (Å²) < 4.78 is 0. The largest absolute Gasteiger partial charge is 0.355 e. The van der Waals surface area contributed by atoms with Gasteiger partial charge >= 0.3 is 0 Å². The molecule has 25 heavy (non-hydrogen) atoms. The molecule has 6 nitrogen and oxygen atoms in total. The van der Waals surface area contributed by atoms with Gasteiger partial charge in [-0.15, -0.1) is 0 Å². The van der Waals surface area contributed by atoms with Crippen molar-refractivity contribution in [3.63, 3.8) is 0 Å². The molecule has 0 saturated carbocycles. The van der Waals surface area contributed by atoms with E-state index in [-0.39, 0.29) is 11.9 Å². The van der Waals surface area contributed by atoms with Gasteiger partial charge in [-0.3, -0.25) is 4.79 Å². The number of nitrogens with two attached hydrogens (primary N) is 1. The number of carbonyl (C=O) groups is 1. The maximum absolute atomic E-state index is 13.0. The molecule has 0 aromatic carbocycles. The molecule has 1 amide bonds. The van der Waals surface area contributed by atoms with Gasteiger partial charge in [-0.05, 0) is 38.5 Å². The fourth-order valence-electron chi connectivity index (χ4n) is 3.74. The lowest BCUT2D eigenvalue weighted by Gasteiger charge is -2.38. The summed E-state index contributed by atoms with van der Waals surface area (Å²) in [5.41, 5.74) is 8.33. The lowest BCUT2D eigenvalue weighted by molar-refractivity contribution is 0.0588. The summed E-state index contributed by atoms with van der Waals surface area (Å²) in [4.78, 5) is 26.2. The Morgan fingerprint density at radius 1 is 1.24 bits per heavy atom. The number of piperidine rings is 1. The molecule has 6 heteroatoms. The van der Waals surface area contributed by atoms with Crippen molar-refractivity contribution in [3.05, 3.63) is 17.1 Å². The van der Waals surface area contributed by atoms with E-state index < -0.39 is 0 Å².